The maximum Gasteiger partial charge on any atom is 0.277 e. The van der Waals surface area contributed by atoms with Gasteiger partial charge in [-0.3, -0.25) is 4.79 Å². The van der Waals surface area contributed by atoms with Crippen LogP contribution in [0.15, 0.2) is 58.2 Å². The quantitative estimate of drug-likeness (QED) is 0.438. The molecule has 0 spiro atoms. The third-order valence-electron chi connectivity index (χ3n) is 3.27. The first kappa shape index (κ1) is 17.0. The van der Waals surface area contributed by atoms with Crippen LogP contribution in [0.5, 0.6) is 0 Å². The number of benzene rings is 2. The lowest BCUT2D eigenvalue weighted by Crippen LogP contribution is -2.13. The zero-order valence-corrected chi connectivity index (χ0v) is 14.9. The zero-order chi connectivity index (χ0) is 17.1. The van der Waals surface area contributed by atoms with Crippen molar-refractivity contribution in [1.29, 1.82) is 0 Å². The number of Topliss-reactive ketones (excluding diaryl/α,β-unsaturated/α-hetero) is 1. The first-order valence-corrected chi connectivity index (χ1v) is 8.72. The molecule has 0 aliphatic heterocycles. The summed E-state index contributed by atoms with van der Waals surface area (Å²) < 4.78 is 5.61. The molecule has 0 aliphatic rings. The van der Waals surface area contributed by atoms with E-state index >= 15 is 0 Å². The fraction of sp³-hybridized carbons (Fsp3) is 0.118. The van der Waals surface area contributed by atoms with Gasteiger partial charge in [0.15, 0.2) is 5.78 Å². The van der Waals surface area contributed by atoms with Gasteiger partial charge in [0, 0.05) is 21.2 Å². The Kier molecular flexibility index (Phi) is 5.23. The van der Waals surface area contributed by atoms with Gasteiger partial charge in [0.1, 0.15) is 0 Å². The Labute approximate surface area is 153 Å². The summed E-state index contributed by atoms with van der Waals surface area (Å²) in [6, 6.07) is 13.9. The number of nitrogens with zero attached hydrogens (tertiary/aromatic N) is 2. The highest BCUT2D eigenvalue weighted by atomic mass is 35.5. The summed E-state index contributed by atoms with van der Waals surface area (Å²) in [6.07, 6.45) is 0. The van der Waals surface area contributed by atoms with Gasteiger partial charge >= 0.3 is 0 Å². The molecule has 3 rings (SSSR count). The summed E-state index contributed by atoms with van der Waals surface area (Å²) in [5.41, 5.74) is 1.37. The van der Waals surface area contributed by atoms with E-state index in [-0.39, 0.29) is 11.0 Å². The number of thioether (sulfide) groups is 1. The van der Waals surface area contributed by atoms with Crippen molar-refractivity contribution in [1.82, 2.24) is 10.2 Å². The third-order valence-corrected chi connectivity index (χ3v) is 4.71. The minimum atomic E-state index is -0.357. The van der Waals surface area contributed by atoms with Crippen LogP contribution in [0.3, 0.4) is 0 Å². The maximum atomic E-state index is 12.4. The second kappa shape index (κ2) is 7.38. The molecule has 3 aromatic rings. The molecule has 0 bridgehead atoms. The highest BCUT2D eigenvalue weighted by molar-refractivity contribution is 8.00. The Morgan fingerprint density at radius 3 is 2.21 bits per heavy atom. The lowest BCUT2D eigenvalue weighted by atomic mass is 10.1. The molecule has 24 heavy (non-hydrogen) atoms. The first-order valence-electron chi connectivity index (χ1n) is 7.09. The molecule has 122 valence electrons. The minimum Gasteiger partial charge on any atom is -0.411 e. The number of carbonyl (C=O) groups excluding carboxylic acids is 1. The monoisotopic (exact) mass is 378 g/mol. The lowest BCUT2D eigenvalue weighted by Gasteiger charge is -2.07. The number of aromatic nitrogens is 2. The van der Waals surface area contributed by atoms with Gasteiger partial charge in [-0.25, -0.2) is 0 Å². The van der Waals surface area contributed by atoms with Crippen molar-refractivity contribution in [2.24, 2.45) is 0 Å². The van der Waals surface area contributed by atoms with E-state index in [1.807, 2.05) is 0 Å². The van der Waals surface area contributed by atoms with Gasteiger partial charge in [0.2, 0.25) is 5.89 Å². The number of hydrogen-bond acceptors (Lipinski definition) is 5. The molecule has 0 saturated carbocycles. The van der Waals surface area contributed by atoms with E-state index in [4.69, 9.17) is 27.6 Å². The fourth-order valence-corrected chi connectivity index (χ4v) is 3.03. The molecule has 4 nitrogen and oxygen atoms in total. The van der Waals surface area contributed by atoms with Crippen LogP contribution in [-0.4, -0.2) is 21.2 Å². The average Bonchev–Trinajstić information content (AvgIpc) is 3.04. The van der Waals surface area contributed by atoms with Crippen LogP contribution in [0.25, 0.3) is 11.5 Å². The summed E-state index contributed by atoms with van der Waals surface area (Å²) in [5.74, 6) is 0.364. The fourth-order valence-electron chi connectivity index (χ4n) is 2.02. The molecule has 1 heterocycles. The van der Waals surface area contributed by atoms with E-state index in [0.717, 1.165) is 5.56 Å². The number of halogens is 2. The highest BCUT2D eigenvalue weighted by Gasteiger charge is 2.20. The maximum absolute atomic E-state index is 12.4. The van der Waals surface area contributed by atoms with Crippen LogP contribution in [0.4, 0.5) is 0 Å². The third kappa shape index (κ3) is 3.98. The number of ketones is 1. The molecule has 1 atom stereocenters. The van der Waals surface area contributed by atoms with E-state index in [9.17, 15) is 4.79 Å². The van der Waals surface area contributed by atoms with Gasteiger partial charge in [-0.15, -0.1) is 10.2 Å². The van der Waals surface area contributed by atoms with Gasteiger partial charge in [-0.1, -0.05) is 35.0 Å². The lowest BCUT2D eigenvalue weighted by molar-refractivity contribution is 0.0993. The Morgan fingerprint density at radius 1 is 1.00 bits per heavy atom. The highest BCUT2D eigenvalue weighted by Crippen LogP contribution is 2.28. The molecular weight excluding hydrogens is 367 g/mol. The van der Waals surface area contributed by atoms with Crippen molar-refractivity contribution in [3.05, 3.63) is 64.1 Å². The minimum absolute atomic E-state index is 0.0251. The van der Waals surface area contributed by atoms with E-state index in [1.54, 1.807) is 55.5 Å². The van der Waals surface area contributed by atoms with Gasteiger partial charge in [-0.2, -0.15) is 0 Å². The summed E-state index contributed by atoms with van der Waals surface area (Å²) in [7, 11) is 0. The van der Waals surface area contributed by atoms with Crippen molar-refractivity contribution >= 4 is 40.7 Å². The van der Waals surface area contributed by atoms with Crippen molar-refractivity contribution in [3.8, 4) is 11.5 Å². The number of carbonyl (C=O) groups is 1. The average molecular weight is 379 g/mol. The van der Waals surface area contributed by atoms with Crippen molar-refractivity contribution in [2.45, 2.75) is 17.4 Å². The molecule has 0 aliphatic carbocycles. The van der Waals surface area contributed by atoms with Crippen LogP contribution in [-0.2, 0) is 0 Å². The SMILES string of the molecule is C[C@@H](Sc1nnc(-c2ccc(Cl)cc2)o1)C(=O)c1ccc(Cl)cc1. The Morgan fingerprint density at radius 2 is 1.58 bits per heavy atom. The van der Waals surface area contributed by atoms with E-state index in [1.165, 1.54) is 11.8 Å². The molecule has 2 aromatic carbocycles. The predicted octanol–water partition coefficient (Wildman–Crippen LogP) is 5.41. The number of hydrogen-bond donors (Lipinski definition) is 0. The zero-order valence-electron chi connectivity index (χ0n) is 12.6. The Hall–Kier alpha value is -1.82. The van der Waals surface area contributed by atoms with Gasteiger partial charge < -0.3 is 4.42 Å². The smallest absolute Gasteiger partial charge is 0.277 e. The molecule has 0 amide bonds. The standard InChI is InChI=1S/C17H12Cl2N2O2S/c1-10(15(22)11-2-6-13(18)7-3-11)24-17-21-20-16(23-17)12-4-8-14(19)9-5-12/h2-10H,1H3/t10-/m1/s1. The molecule has 0 unspecified atom stereocenters. The molecule has 0 saturated heterocycles. The Balaban J connectivity index is 1.70. The predicted molar refractivity (Wildman–Crippen MR) is 95.8 cm³/mol. The first-order chi connectivity index (χ1) is 11.5. The van der Waals surface area contributed by atoms with Gasteiger partial charge in [0.25, 0.3) is 5.22 Å². The molecule has 0 N–H and O–H groups in total. The van der Waals surface area contributed by atoms with E-state index in [0.29, 0.717) is 26.7 Å². The van der Waals surface area contributed by atoms with Crippen LogP contribution in [0.1, 0.15) is 17.3 Å². The summed E-state index contributed by atoms with van der Waals surface area (Å²) in [4.78, 5) is 12.4. The molecule has 1 aromatic heterocycles. The normalized spacial score (nSPS) is 12.1. The van der Waals surface area contributed by atoms with Crippen LogP contribution >= 0.6 is 35.0 Å². The van der Waals surface area contributed by atoms with Gasteiger partial charge in [0.05, 0.1) is 5.25 Å². The number of rotatable bonds is 5. The van der Waals surface area contributed by atoms with Crippen LogP contribution < -0.4 is 0 Å². The topological polar surface area (TPSA) is 56.0 Å². The molecule has 0 fully saturated rings. The summed E-state index contributed by atoms with van der Waals surface area (Å²) >= 11 is 12.9. The van der Waals surface area contributed by atoms with Crippen LogP contribution in [0.2, 0.25) is 10.0 Å². The van der Waals surface area contributed by atoms with Crippen molar-refractivity contribution in [2.75, 3.05) is 0 Å². The van der Waals surface area contributed by atoms with Crippen molar-refractivity contribution in [3.63, 3.8) is 0 Å². The summed E-state index contributed by atoms with van der Waals surface area (Å²) in [6.45, 7) is 1.80. The second-order valence-corrected chi connectivity index (χ2v) is 7.18. The largest absolute Gasteiger partial charge is 0.411 e. The molecule has 7 heteroatoms. The molecular formula is C17H12Cl2N2O2S. The summed E-state index contributed by atoms with van der Waals surface area (Å²) in [5, 5.41) is 9.20. The van der Waals surface area contributed by atoms with E-state index in [2.05, 4.69) is 10.2 Å². The van der Waals surface area contributed by atoms with E-state index < -0.39 is 0 Å². The Bertz CT molecular complexity index is 848. The second-order valence-electron chi connectivity index (χ2n) is 5.01. The van der Waals surface area contributed by atoms with Gasteiger partial charge in [-0.05, 0) is 55.5 Å². The van der Waals surface area contributed by atoms with Crippen LogP contribution in [0, 0.1) is 0 Å². The van der Waals surface area contributed by atoms with Crippen molar-refractivity contribution < 1.29 is 9.21 Å². The molecule has 0 radical (unpaired) electrons.